The fraction of sp³-hybridized carbons (Fsp3) is 0.444. The van der Waals surface area contributed by atoms with Crippen molar-refractivity contribution >= 4 is 15.9 Å². The van der Waals surface area contributed by atoms with E-state index in [1.807, 2.05) is 0 Å². The summed E-state index contributed by atoms with van der Waals surface area (Å²) in [6.45, 7) is 4.98. The Hall–Kier alpha value is -2.26. The van der Waals surface area contributed by atoms with E-state index in [1.54, 1.807) is 27.0 Å². The van der Waals surface area contributed by atoms with Crippen LogP contribution in [0.5, 0.6) is 0 Å². The zero-order chi connectivity index (χ0) is 19.8. The number of amides is 1. The van der Waals surface area contributed by atoms with Gasteiger partial charge in [0.2, 0.25) is 10.0 Å². The van der Waals surface area contributed by atoms with Crippen LogP contribution in [0, 0.1) is 5.82 Å². The minimum atomic E-state index is -4.09. The van der Waals surface area contributed by atoms with Crippen molar-refractivity contribution in [2.75, 3.05) is 0 Å². The Bertz CT molecular complexity index is 963. The number of H-pyrrole nitrogens is 1. The molecule has 0 radical (unpaired) electrons. The third kappa shape index (κ3) is 4.54. The molecular formula is C18H23FN4O3S. The smallest absolute Gasteiger partial charge is 0.251 e. The van der Waals surface area contributed by atoms with Crippen molar-refractivity contribution in [3.63, 3.8) is 0 Å². The maximum atomic E-state index is 14.1. The molecule has 3 rings (SSSR count). The third-order valence-electron chi connectivity index (χ3n) is 4.28. The maximum Gasteiger partial charge on any atom is 0.251 e. The van der Waals surface area contributed by atoms with Crippen LogP contribution in [0.4, 0.5) is 4.39 Å². The van der Waals surface area contributed by atoms with Gasteiger partial charge in [-0.3, -0.25) is 9.89 Å². The first kappa shape index (κ1) is 19.5. The van der Waals surface area contributed by atoms with Gasteiger partial charge in [-0.25, -0.2) is 17.5 Å². The van der Waals surface area contributed by atoms with Crippen molar-refractivity contribution in [1.82, 2.24) is 20.2 Å². The molecule has 1 atom stereocenters. The Morgan fingerprint density at radius 3 is 2.78 bits per heavy atom. The monoisotopic (exact) mass is 394 g/mol. The van der Waals surface area contributed by atoms with Crippen molar-refractivity contribution in [3.05, 3.63) is 47.0 Å². The van der Waals surface area contributed by atoms with E-state index in [0.717, 1.165) is 36.2 Å². The largest absolute Gasteiger partial charge is 0.349 e. The number of hydrogen-bond acceptors (Lipinski definition) is 4. The number of rotatable bonds is 4. The highest BCUT2D eigenvalue weighted by Gasteiger charge is 2.27. The molecule has 27 heavy (non-hydrogen) atoms. The summed E-state index contributed by atoms with van der Waals surface area (Å²) in [5, 5.41) is 9.83. The molecule has 2 aromatic rings. The number of aromatic amines is 1. The van der Waals surface area contributed by atoms with Crippen LogP contribution in [-0.4, -0.2) is 36.1 Å². The highest BCUT2D eigenvalue weighted by molar-refractivity contribution is 7.89. The average Bonchev–Trinajstić information content (AvgIpc) is 3.00. The van der Waals surface area contributed by atoms with Gasteiger partial charge in [-0.15, -0.1) is 0 Å². The lowest BCUT2D eigenvalue weighted by Crippen LogP contribution is -2.41. The molecule has 1 amide bonds. The molecule has 146 valence electrons. The molecule has 0 aliphatic heterocycles. The Kier molecular flexibility index (Phi) is 5.09. The Morgan fingerprint density at radius 1 is 1.33 bits per heavy atom. The predicted octanol–water partition coefficient (Wildman–Crippen LogP) is 1.91. The number of nitrogens with one attached hydrogen (secondary N) is 3. The predicted molar refractivity (Wildman–Crippen MR) is 98.3 cm³/mol. The Balaban J connectivity index is 1.78. The number of aryl methyl sites for hydroxylation is 1. The van der Waals surface area contributed by atoms with E-state index in [9.17, 15) is 17.6 Å². The van der Waals surface area contributed by atoms with Crippen molar-refractivity contribution in [1.29, 1.82) is 0 Å². The summed E-state index contributed by atoms with van der Waals surface area (Å²) in [4.78, 5) is 12.0. The number of halogens is 1. The quantitative estimate of drug-likeness (QED) is 0.737. The lowest BCUT2D eigenvalue weighted by atomic mass is 9.93. The van der Waals surface area contributed by atoms with Gasteiger partial charge in [-0.05, 0) is 63.8 Å². The highest BCUT2D eigenvalue weighted by atomic mass is 32.2. The maximum absolute atomic E-state index is 14.1. The van der Waals surface area contributed by atoms with Crippen molar-refractivity contribution in [2.45, 2.75) is 56.5 Å². The molecule has 1 aliphatic carbocycles. The molecule has 0 bridgehead atoms. The van der Waals surface area contributed by atoms with E-state index in [1.165, 1.54) is 6.07 Å². The van der Waals surface area contributed by atoms with Crippen LogP contribution in [0.15, 0.2) is 29.3 Å². The average molecular weight is 394 g/mol. The molecule has 9 heteroatoms. The lowest BCUT2D eigenvalue weighted by molar-refractivity contribution is 0.0933. The number of aromatic nitrogens is 2. The van der Waals surface area contributed by atoms with Gasteiger partial charge in [0.15, 0.2) is 0 Å². The van der Waals surface area contributed by atoms with Gasteiger partial charge < -0.3 is 5.32 Å². The van der Waals surface area contributed by atoms with Crippen LogP contribution < -0.4 is 10.0 Å². The fourth-order valence-corrected chi connectivity index (χ4v) is 4.64. The second-order valence-corrected chi connectivity index (χ2v) is 9.44. The lowest BCUT2D eigenvalue weighted by Gasteiger charge is -2.23. The summed E-state index contributed by atoms with van der Waals surface area (Å²) in [5.74, 6) is -1.33. The first-order valence-corrected chi connectivity index (χ1v) is 10.2. The van der Waals surface area contributed by atoms with Gasteiger partial charge in [0.1, 0.15) is 10.7 Å². The summed E-state index contributed by atoms with van der Waals surface area (Å²) < 4.78 is 41.4. The molecule has 0 fully saturated rings. The minimum Gasteiger partial charge on any atom is -0.349 e. The number of hydrogen-bond donors (Lipinski definition) is 3. The molecule has 1 aliphatic rings. The summed E-state index contributed by atoms with van der Waals surface area (Å²) in [7, 11) is -4.09. The first-order chi connectivity index (χ1) is 12.5. The van der Waals surface area contributed by atoms with Crippen LogP contribution in [-0.2, 0) is 22.9 Å². The van der Waals surface area contributed by atoms with E-state index in [2.05, 4.69) is 20.2 Å². The first-order valence-electron chi connectivity index (χ1n) is 8.71. The SMILES string of the molecule is CC(C)(C)NS(=O)(=O)c1cc(C(=O)NC2CCc3[nH]ncc3C2)ccc1F. The second kappa shape index (κ2) is 7.05. The van der Waals surface area contributed by atoms with Crippen molar-refractivity contribution < 1.29 is 17.6 Å². The number of carbonyl (C=O) groups excluding carboxylic acids is 1. The van der Waals surface area contributed by atoms with Crippen LogP contribution in [0.25, 0.3) is 0 Å². The second-order valence-electron chi connectivity index (χ2n) is 7.79. The number of benzene rings is 1. The number of fused-ring (bicyclic) bond motifs is 1. The fourth-order valence-electron chi connectivity index (χ4n) is 3.12. The highest BCUT2D eigenvalue weighted by Crippen LogP contribution is 2.21. The Labute approximate surface area is 157 Å². The zero-order valence-corrected chi connectivity index (χ0v) is 16.3. The van der Waals surface area contributed by atoms with E-state index in [-0.39, 0.29) is 11.6 Å². The van der Waals surface area contributed by atoms with E-state index in [4.69, 9.17) is 0 Å². The summed E-state index contributed by atoms with van der Waals surface area (Å²) in [6.07, 6.45) is 3.92. The van der Waals surface area contributed by atoms with Gasteiger partial charge >= 0.3 is 0 Å². The normalized spacial score (nSPS) is 17.4. The van der Waals surface area contributed by atoms with E-state index >= 15 is 0 Å². The molecule has 7 nitrogen and oxygen atoms in total. The molecular weight excluding hydrogens is 371 g/mol. The molecule has 1 aromatic heterocycles. The van der Waals surface area contributed by atoms with Gasteiger partial charge in [0, 0.05) is 22.8 Å². The summed E-state index contributed by atoms with van der Waals surface area (Å²) in [6, 6.07) is 3.28. The van der Waals surface area contributed by atoms with Gasteiger partial charge in [0.05, 0.1) is 6.20 Å². The molecule has 1 unspecified atom stereocenters. The molecule has 1 heterocycles. The molecule has 0 saturated heterocycles. The molecule has 0 spiro atoms. The van der Waals surface area contributed by atoms with Gasteiger partial charge in [-0.1, -0.05) is 0 Å². The van der Waals surface area contributed by atoms with Crippen molar-refractivity contribution in [2.24, 2.45) is 0 Å². The Morgan fingerprint density at radius 2 is 2.07 bits per heavy atom. The molecule has 1 aromatic carbocycles. The van der Waals surface area contributed by atoms with Crippen molar-refractivity contribution in [3.8, 4) is 0 Å². The minimum absolute atomic E-state index is 0.0830. The van der Waals surface area contributed by atoms with E-state index < -0.39 is 32.2 Å². The van der Waals surface area contributed by atoms with Gasteiger partial charge in [-0.2, -0.15) is 5.10 Å². The van der Waals surface area contributed by atoms with Crippen LogP contribution in [0.2, 0.25) is 0 Å². The van der Waals surface area contributed by atoms with Crippen LogP contribution in [0.3, 0.4) is 0 Å². The van der Waals surface area contributed by atoms with Crippen LogP contribution in [0.1, 0.15) is 48.8 Å². The van der Waals surface area contributed by atoms with Gasteiger partial charge in [0.25, 0.3) is 5.91 Å². The summed E-state index contributed by atoms with van der Waals surface area (Å²) >= 11 is 0. The molecule has 0 saturated carbocycles. The van der Waals surface area contributed by atoms with Crippen LogP contribution >= 0.6 is 0 Å². The topological polar surface area (TPSA) is 104 Å². The van der Waals surface area contributed by atoms with E-state index in [0.29, 0.717) is 6.42 Å². The zero-order valence-electron chi connectivity index (χ0n) is 15.5. The number of nitrogens with zero attached hydrogens (tertiary/aromatic N) is 1. The summed E-state index contributed by atoms with van der Waals surface area (Å²) in [5.41, 5.74) is 1.46. The molecule has 3 N–H and O–H groups in total. The number of sulfonamides is 1. The standard InChI is InChI=1S/C18H23FN4O3S/c1-18(2,3)23-27(25,26)16-9-11(4-6-14(16)19)17(24)21-13-5-7-15-12(8-13)10-20-22-15/h4,6,9-10,13,23H,5,7-8H2,1-3H3,(H,20,22)(H,21,24). The third-order valence-corrected chi connectivity index (χ3v) is 6.05. The number of carbonyl (C=O) groups is 1.